The van der Waals surface area contributed by atoms with Gasteiger partial charge >= 0.3 is 0 Å². The van der Waals surface area contributed by atoms with Crippen LogP contribution in [-0.4, -0.2) is 41.7 Å². The number of carbonyl (C=O) groups excluding carboxylic acids is 1. The van der Waals surface area contributed by atoms with Crippen LogP contribution in [0.5, 0.6) is 5.75 Å². The predicted molar refractivity (Wildman–Crippen MR) is 89.3 cm³/mol. The molecular formula is C19H27NO3. The van der Waals surface area contributed by atoms with Gasteiger partial charge in [0, 0.05) is 19.0 Å². The first kappa shape index (κ1) is 16.3. The fraction of sp³-hybridized carbons (Fsp3) is 0.632. The number of hydrogen-bond acceptors (Lipinski definition) is 3. The van der Waals surface area contributed by atoms with E-state index >= 15 is 0 Å². The maximum Gasteiger partial charge on any atom is 0.227 e. The third-order valence-corrected chi connectivity index (χ3v) is 5.81. The Morgan fingerprint density at radius 1 is 1.35 bits per heavy atom. The number of ether oxygens (including phenoxy) is 1. The second-order valence-corrected chi connectivity index (χ2v) is 7.13. The number of likely N-dealkylation sites (tertiary alicyclic amines) is 1. The second-order valence-electron chi connectivity index (χ2n) is 7.13. The molecule has 1 aromatic rings. The van der Waals surface area contributed by atoms with Crippen molar-refractivity contribution in [3.63, 3.8) is 0 Å². The highest BCUT2D eigenvalue weighted by Crippen LogP contribution is 2.44. The number of rotatable bonds is 4. The van der Waals surface area contributed by atoms with Gasteiger partial charge in [-0.2, -0.15) is 0 Å². The highest BCUT2D eigenvalue weighted by molar-refractivity contribution is 5.79. The van der Waals surface area contributed by atoms with Gasteiger partial charge in [0.05, 0.1) is 19.1 Å². The Morgan fingerprint density at radius 3 is 2.57 bits per heavy atom. The van der Waals surface area contributed by atoms with E-state index in [1.807, 2.05) is 29.2 Å². The molecule has 1 aliphatic heterocycles. The Kier molecular flexibility index (Phi) is 4.62. The number of aliphatic hydroxyl groups is 1. The molecule has 1 saturated heterocycles. The van der Waals surface area contributed by atoms with Gasteiger partial charge in [-0.05, 0) is 42.9 Å². The van der Waals surface area contributed by atoms with Crippen LogP contribution >= 0.6 is 0 Å². The number of nitrogens with zero attached hydrogens (tertiary/aromatic N) is 1. The van der Waals surface area contributed by atoms with Crippen LogP contribution in [0.15, 0.2) is 24.3 Å². The van der Waals surface area contributed by atoms with E-state index in [0.717, 1.165) is 24.2 Å². The molecule has 0 spiro atoms. The summed E-state index contributed by atoms with van der Waals surface area (Å²) < 4.78 is 5.14. The van der Waals surface area contributed by atoms with Crippen molar-refractivity contribution in [1.82, 2.24) is 4.90 Å². The Balaban J connectivity index is 1.58. The molecule has 1 saturated carbocycles. The topological polar surface area (TPSA) is 49.8 Å². The Morgan fingerprint density at radius 2 is 2.04 bits per heavy atom. The van der Waals surface area contributed by atoms with E-state index in [1.54, 1.807) is 7.11 Å². The second kappa shape index (κ2) is 6.52. The SMILES string of the molecule is COc1ccc(CC(=O)N2CC[C@@](O)(C3CCC3)[C@H](C)C2)cc1. The van der Waals surface area contributed by atoms with Crippen LogP contribution in [0.1, 0.15) is 38.2 Å². The van der Waals surface area contributed by atoms with Gasteiger partial charge < -0.3 is 14.7 Å². The van der Waals surface area contributed by atoms with Crippen LogP contribution < -0.4 is 4.74 Å². The van der Waals surface area contributed by atoms with E-state index in [1.165, 1.54) is 6.42 Å². The molecule has 1 amide bonds. The first-order valence-electron chi connectivity index (χ1n) is 8.66. The predicted octanol–water partition coefficient (Wildman–Crippen LogP) is 2.64. The highest BCUT2D eigenvalue weighted by atomic mass is 16.5. The van der Waals surface area contributed by atoms with Crippen molar-refractivity contribution in [1.29, 1.82) is 0 Å². The standard InChI is InChI=1S/C19H27NO3/c1-14-13-20(11-10-19(14,22)16-4-3-5-16)18(21)12-15-6-8-17(23-2)9-7-15/h6-9,14,16,22H,3-5,10-13H2,1-2H3/t14-,19+/m1/s1. The van der Waals surface area contributed by atoms with E-state index in [4.69, 9.17) is 4.74 Å². The molecule has 2 aliphatic rings. The molecule has 1 N–H and O–H groups in total. The van der Waals surface area contributed by atoms with Crippen molar-refractivity contribution in [2.45, 2.75) is 44.6 Å². The number of benzene rings is 1. The van der Waals surface area contributed by atoms with Crippen molar-refractivity contribution in [2.75, 3.05) is 20.2 Å². The molecule has 3 rings (SSSR count). The van der Waals surface area contributed by atoms with Gasteiger partial charge in [-0.25, -0.2) is 0 Å². The van der Waals surface area contributed by atoms with Crippen LogP contribution in [0, 0.1) is 11.8 Å². The maximum absolute atomic E-state index is 12.5. The highest BCUT2D eigenvalue weighted by Gasteiger charge is 2.47. The third-order valence-electron chi connectivity index (χ3n) is 5.81. The van der Waals surface area contributed by atoms with E-state index in [-0.39, 0.29) is 11.8 Å². The van der Waals surface area contributed by atoms with Gasteiger partial charge in [0.2, 0.25) is 5.91 Å². The molecule has 0 unspecified atom stereocenters. The number of hydrogen-bond donors (Lipinski definition) is 1. The van der Waals surface area contributed by atoms with Crippen LogP contribution in [0.25, 0.3) is 0 Å². The Hall–Kier alpha value is -1.55. The van der Waals surface area contributed by atoms with Gasteiger partial charge in [-0.3, -0.25) is 4.79 Å². The summed E-state index contributed by atoms with van der Waals surface area (Å²) in [6, 6.07) is 7.65. The minimum atomic E-state index is -0.560. The molecule has 1 aromatic carbocycles. The smallest absolute Gasteiger partial charge is 0.227 e. The molecule has 2 fully saturated rings. The average Bonchev–Trinajstić information content (AvgIpc) is 2.49. The molecule has 4 heteroatoms. The van der Waals surface area contributed by atoms with E-state index < -0.39 is 5.60 Å². The lowest BCUT2D eigenvalue weighted by Crippen LogP contribution is -2.57. The van der Waals surface area contributed by atoms with Gasteiger partial charge in [-0.1, -0.05) is 25.5 Å². The van der Waals surface area contributed by atoms with Crippen LogP contribution in [-0.2, 0) is 11.2 Å². The van der Waals surface area contributed by atoms with Crippen molar-refractivity contribution >= 4 is 5.91 Å². The average molecular weight is 317 g/mol. The summed E-state index contributed by atoms with van der Waals surface area (Å²) in [4.78, 5) is 14.5. The molecule has 0 aromatic heterocycles. The van der Waals surface area contributed by atoms with Gasteiger partial charge in [0.15, 0.2) is 0 Å². The minimum absolute atomic E-state index is 0.151. The van der Waals surface area contributed by atoms with Gasteiger partial charge in [0.25, 0.3) is 0 Å². The molecule has 4 nitrogen and oxygen atoms in total. The van der Waals surface area contributed by atoms with Crippen LogP contribution in [0.4, 0.5) is 0 Å². The summed E-state index contributed by atoms with van der Waals surface area (Å²) in [5.74, 6) is 1.55. The first-order chi connectivity index (χ1) is 11.0. The molecule has 126 valence electrons. The quantitative estimate of drug-likeness (QED) is 0.929. The van der Waals surface area contributed by atoms with Crippen molar-refractivity contribution in [3.05, 3.63) is 29.8 Å². The zero-order valence-corrected chi connectivity index (χ0v) is 14.1. The summed E-state index contributed by atoms with van der Waals surface area (Å²) >= 11 is 0. The van der Waals surface area contributed by atoms with Crippen LogP contribution in [0.3, 0.4) is 0 Å². The monoisotopic (exact) mass is 317 g/mol. The lowest BCUT2D eigenvalue weighted by molar-refractivity contribution is -0.150. The molecule has 1 heterocycles. The van der Waals surface area contributed by atoms with E-state index in [9.17, 15) is 9.90 Å². The number of methoxy groups -OCH3 is 1. The normalized spacial score (nSPS) is 28.3. The van der Waals surface area contributed by atoms with Crippen molar-refractivity contribution < 1.29 is 14.6 Å². The number of carbonyl (C=O) groups is 1. The van der Waals surface area contributed by atoms with Gasteiger partial charge in [-0.15, -0.1) is 0 Å². The van der Waals surface area contributed by atoms with Crippen LogP contribution in [0.2, 0.25) is 0 Å². The molecular weight excluding hydrogens is 290 g/mol. The summed E-state index contributed by atoms with van der Waals surface area (Å²) in [7, 11) is 1.64. The summed E-state index contributed by atoms with van der Waals surface area (Å²) in [5.41, 5.74) is 0.443. The first-order valence-corrected chi connectivity index (χ1v) is 8.66. The largest absolute Gasteiger partial charge is 0.497 e. The molecule has 0 radical (unpaired) electrons. The fourth-order valence-electron chi connectivity index (χ4n) is 3.91. The summed E-state index contributed by atoms with van der Waals surface area (Å²) in [6.45, 7) is 3.43. The molecule has 2 atom stereocenters. The van der Waals surface area contributed by atoms with Gasteiger partial charge in [0.1, 0.15) is 5.75 Å². The zero-order chi connectivity index (χ0) is 16.4. The molecule has 1 aliphatic carbocycles. The number of piperidine rings is 1. The summed E-state index contributed by atoms with van der Waals surface area (Å²) in [6.07, 6.45) is 4.65. The molecule has 0 bridgehead atoms. The fourth-order valence-corrected chi connectivity index (χ4v) is 3.91. The Bertz CT molecular complexity index is 552. The zero-order valence-electron chi connectivity index (χ0n) is 14.1. The van der Waals surface area contributed by atoms with E-state index in [0.29, 0.717) is 31.8 Å². The lowest BCUT2D eigenvalue weighted by atomic mass is 9.65. The summed E-state index contributed by atoms with van der Waals surface area (Å²) in [5, 5.41) is 11.0. The van der Waals surface area contributed by atoms with E-state index in [2.05, 4.69) is 6.92 Å². The maximum atomic E-state index is 12.5. The van der Waals surface area contributed by atoms with Crippen molar-refractivity contribution in [3.8, 4) is 5.75 Å². The lowest BCUT2D eigenvalue weighted by Gasteiger charge is -2.50. The van der Waals surface area contributed by atoms with Crippen molar-refractivity contribution in [2.24, 2.45) is 11.8 Å². The molecule has 23 heavy (non-hydrogen) atoms. The number of amides is 1. The minimum Gasteiger partial charge on any atom is -0.497 e. The third kappa shape index (κ3) is 3.23. The Labute approximate surface area is 138 Å².